The van der Waals surface area contributed by atoms with Gasteiger partial charge in [0.2, 0.25) is 0 Å². The number of rotatable bonds is 6. The van der Waals surface area contributed by atoms with E-state index < -0.39 is 0 Å². The van der Waals surface area contributed by atoms with Crippen LogP contribution in [0.4, 0.5) is 0 Å². The lowest BCUT2D eigenvalue weighted by Gasteiger charge is -2.17. The predicted octanol–water partition coefficient (Wildman–Crippen LogP) is 2.24. The number of nitrogens with one attached hydrogen (secondary N) is 1. The first-order valence-electron chi connectivity index (χ1n) is 6.80. The summed E-state index contributed by atoms with van der Waals surface area (Å²) in [6, 6.07) is 4.32. The first-order chi connectivity index (χ1) is 8.79. The zero-order valence-corrected chi connectivity index (χ0v) is 11.1. The van der Waals surface area contributed by atoms with Gasteiger partial charge in [0.1, 0.15) is 0 Å². The fourth-order valence-electron chi connectivity index (χ4n) is 2.45. The van der Waals surface area contributed by atoms with E-state index in [4.69, 9.17) is 10.6 Å². The minimum absolute atomic E-state index is 0.194. The average molecular weight is 249 g/mol. The molecule has 100 valence electrons. The van der Waals surface area contributed by atoms with Crippen LogP contribution in [0.15, 0.2) is 18.3 Å². The second-order valence-electron chi connectivity index (χ2n) is 5.02. The van der Waals surface area contributed by atoms with E-state index in [2.05, 4.69) is 16.5 Å². The fourth-order valence-corrected chi connectivity index (χ4v) is 2.45. The van der Waals surface area contributed by atoms with Crippen LogP contribution < -0.4 is 11.3 Å². The van der Waals surface area contributed by atoms with Crippen LogP contribution in [0.2, 0.25) is 0 Å². The highest BCUT2D eigenvalue weighted by molar-refractivity contribution is 5.16. The molecule has 0 saturated carbocycles. The molecule has 1 aliphatic heterocycles. The van der Waals surface area contributed by atoms with Crippen molar-refractivity contribution in [3.63, 3.8) is 0 Å². The number of hydrogen-bond donors (Lipinski definition) is 2. The third kappa shape index (κ3) is 3.77. The summed E-state index contributed by atoms with van der Waals surface area (Å²) < 4.78 is 5.63. The minimum atomic E-state index is 0.194. The van der Waals surface area contributed by atoms with Gasteiger partial charge in [0, 0.05) is 24.5 Å². The van der Waals surface area contributed by atoms with Crippen molar-refractivity contribution in [3.8, 4) is 0 Å². The summed E-state index contributed by atoms with van der Waals surface area (Å²) in [4.78, 5) is 4.31. The molecular formula is C14H23N3O. The summed E-state index contributed by atoms with van der Waals surface area (Å²) in [6.45, 7) is 2.93. The van der Waals surface area contributed by atoms with Crippen LogP contribution in [-0.2, 0) is 4.74 Å². The van der Waals surface area contributed by atoms with Crippen molar-refractivity contribution in [3.05, 3.63) is 29.6 Å². The van der Waals surface area contributed by atoms with E-state index in [0.717, 1.165) is 37.1 Å². The molecular weight excluding hydrogens is 226 g/mol. The highest BCUT2D eigenvalue weighted by atomic mass is 16.5. The summed E-state index contributed by atoms with van der Waals surface area (Å²) in [5, 5.41) is 0. The summed E-state index contributed by atoms with van der Waals surface area (Å²) in [5.74, 6) is 5.63. The Bertz CT molecular complexity index is 347. The Morgan fingerprint density at radius 3 is 3.06 bits per heavy atom. The van der Waals surface area contributed by atoms with E-state index in [1.54, 1.807) is 0 Å². The minimum Gasteiger partial charge on any atom is -0.378 e. The lowest BCUT2D eigenvalue weighted by atomic mass is 10.0. The Kier molecular flexibility index (Phi) is 5.11. The van der Waals surface area contributed by atoms with Crippen LogP contribution in [0, 0.1) is 6.92 Å². The summed E-state index contributed by atoms with van der Waals surface area (Å²) in [5.41, 5.74) is 5.08. The summed E-state index contributed by atoms with van der Waals surface area (Å²) >= 11 is 0. The number of aryl methyl sites for hydroxylation is 1. The Hall–Kier alpha value is -0.970. The maximum atomic E-state index is 5.63. The first-order valence-corrected chi connectivity index (χ1v) is 6.80. The van der Waals surface area contributed by atoms with Crippen molar-refractivity contribution in [2.24, 2.45) is 5.84 Å². The molecule has 0 radical (unpaired) electrons. The van der Waals surface area contributed by atoms with Gasteiger partial charge in [-0.1, -0.05) is 6.07 Å². The molecule has 2 unspecified atom stereocenters. The van der Waals surface area contributed by atoms with E-state index in [0.29, 0.717) is 6.10 Å². The van der Waals surface area contributed by atoms with Crippen molar-refractivity contribution in [1.82, 2.24) is 10.4 Å². The van der Waals surface area contributed by atoms with E-state index in [-0.39, 0.29) is 6.04 Å². The number of aromatic nitrogens is 1. The van der Waals surface area contributed by atoms with Gasteiger partial charge in [0.25, 0.3) is 0 Å². The first kappa shape index (κ1) is 13.5. The molecule has 1 fully saturated rings. The van der Waals surface area contributed by atoms with E-state index in [1.807, 2.05) is 19.2 Å². The zero-order valence-electron chi connectivity index (χ0n) is 11.1. The number of hydrogen-bond acceptors (Lipinski definition) is 4. The maximum Gasteiger partial charge on any atom is 0.0576 e. The van der Waals surface area contributed by atoms with Crippen LogP contribution in [0.1, 0.15) is 49.4 Å². The molecule has 4 nitrogen and oxygen atoms in total. The number of hydrazine groups is 1. The molecule has 2 rings (SSSR count). The Morgan fingerprint density at radius 2 is 2.44 bits per heavy atom. The van der Waals surface area contributed by atoms with Gasteiger partial charge in [-0.25, -0.2) is 0 Å². The topological polar surface area (TPSA) is 60.2 Å². The van der Waals surface area contributed by atoms with Gasteiger partial charge in [0.05, 0.1) is 6.10 Å². The molecule has 1 saturated heterocycles. The number of ether oxygens (including phenoxy) is 1. The van der Waals surface area contributed by atoms with Crippen LogP contribution in [0.25, 0.3) is 0 Å². The fraction of sp³-hybridized carbons (Fsp3) is 0.643. The Labute approximate surface area is 109 Å². The van der Waals surface area contributed by atoms with Gasteiger partial charge < -0.3 is 4.74 Å². The van der Waals surface area contributed by atoms with Crippen molar-refractivity contribution in [2.45, 2.75) is 51.2 Å². The highest BCUT2D eigenvalue weighted by Crippen LogP contribution is 2.22. The van der Waals surface area contributed by atoms with Crippen molar-refractivity contribution in [1.29, 1.82) is 0 Å². The standard InChI is InChI=1S/C14H23N3O/c1-11-7-8-12(10-16-11)14(17-15)6-2-4-13-5-3-9-18-13/h7-8,10,13-14,17H,2-6,9,15H2,1H3. The molecule has 1 aromatic rings. The molecule has 18 heavy (non-hydrogen) atoms. The van der Waals surface area contributed by atoms with Crippen LogP contribution in [0.3, 0.4) is 0 Å². The van der Waals surface area contributed by atoms with Gasteiger partial charge in [-0.2, -0.15) is 0 Å². The average Bonchev–Trinajstić information content (AvgIpc) is 2.89. The van der Waals surface area contributed by atoms with E-state index in [9.17, 15) is 0 Å². The third-order valence-electron chi connectivity index (χ3n) is 3.58. The predicted molar refractivity (Wildman–Crippen MR) is 71.9 cm³/mol. The van der Waals surface area contributed by atoms with Crippen molar-refractivity contribution in [2.75, 3.05) is 6.61 Å². The smallest absolute Gasteiger partial charge is 0.0576 e. The van der Waals surface area contributed by atoms with E-state index >= 15 is 0 Å². The highest BCUT2D eigenvalue weighted by Gasteiger charge is 2.16. The van der Waals surface area contributed by atoms with Gasteiger partial charge in [-0.15, -0.1) is 0 Å². The quantitative estimate of drug-likeness (QED) is 0.599. The molecule has 0 amide bonds. The van der Waals surface area contributed by atoms with E-state index in [1.165, 1.54) is 12.8 Å². The largest absolute Gasteiger partial charge is 0.378 e. The molecule has 1 aromatic heterocycles. The molecule has 0 aliphatic carbocycles. The monoisotopic (exact) mass is 249 g/mol. The van der Waals surface area contributed by atoms with Crippen molar-refractivity contribution < 1.29 is 4.74 Å². The molecule has 1 aliphatic rings. The van der Waals surface area contributed by atoms with Crippen LogP contribution in [0.5, 0.6) is 0 Å². The van der Waals surface area contributed by atoms with Gasteiger partial charge in [-0.3, -0.25) is 16.3 Å². The van der Waals surface area contributed by atoms with Crippen LogP contribution >= 0.6 is 0 Å². The second-order valence-corrected chi connectivity index (χ2v) is 5.02. The number of nitrogens with zero attached hydrogens (tertiary/aromatic N) is 1. The normalized spacial score (nSPS) is 21.1. The zero-order chi connectivity index (χ0) is 12.8. The molecule has 0 bridgehead atoms. The Balaban J connectivity index is 1.79. The Morgan fingerprint density at radius 1 is 1.56 bits per heavy atom. The molecule has 0 aromatic carbocycles. The van der Waals surface area contributed by atoms with Gasteiger partial charge in [0.15, 0.2) is 0 Å². The van der Waals surface area contributed by atoms with Gasteiger partial charge >= 0.3 is 0 Å². The lowest BCUT2D eigenvalue weighted by molar-refractivity contribution is 0.101. The second kappa shape index (κ2) is 6.83. The molecule has 3 N–H and O–H groups in total. The lowest BCUT2D eigenvalue weighted by Crippen LogP contribution is -2.28. The molecule has 2 atom stereocenters. The van der Waals surface area contributed by atoms with Crippen LogP contribution in [-0.4, -0.2) is 17.7 Å². The van der Waals surface area contributed by atoms with Crippen molar-refractivity contribution >= 4 is 0 Å². The molecule has 2 heterocycles. The number of pyridine rings is 1. The summed E-state index contributed by atoms with van der Waals surface area (Å²) in [6.07, 6.45) is 8.11. The maximum absolute atomic E-state index is 5.63. The third-order valence-corrected chi connectivity index (χ3v) is 3.58. The van der Waals surface area contributed by atoms with Gasteiger partial charge in [-0.05, 0) is 50.7 Å². The molecule has 0 spiro atoms. The summed E-state index contributed by atoms with van der Waals surface area (Å²) in [7, 11) is 0. The number of nitrogens with two attached hydrogens (primary N) is 1. The molecule has 4 heteroatoms. The SMILES string of the molecule is Cc1ccc(C(CCCC2CCCO2)NN)cn1.